The Morgan fingerprint density at radius 1 is 1.29 bits per heavy atom. The van der Waals surface area contributed by atoms with E-state index >= 15 is 0 Å². The highest BCUT2D eigenvalue weighted by molar-refractivity contribution is 5.80. The van der Waals surface area contributed by atoms with Gasteiger partial charge in [0, 0.05) is 18.8 Å². The maximum Gasteiger partial charge on any atom is 0.181 e. The van der Waals surface area contributed by atoms with Gasteiger partial charge in [-0.15, -0.1) is 0 Å². The molecular weight excluding hydrogens is 176 g/mol. The van der Waals surface area contributed by atoms with Gasteiger partial charge in [0.25, 0.3) is 0 Å². The molecule has 0 amide bonds. The Bertz CT molecular complexity index is 537. The van der Waals surface area contributed by atoms with E-state index in [1.807, 2.05) is 18.4 Å². The second-order valence-electron chi connectivity index (χ2n) is 3.22. The van der Waals surface area contributed by atoms with Crippen molar-refractivity contribution in [3.8, 4) is 0 Å². The summed E-state index contributed by atoms with van der Waals surface area (Å²) in [7, 11) is 0. The summed E-state index contributed by atoms with van der Waals surface area (Å²) in [6.07, 6.45) is 8.01. The molecule has 3 nitrogen and oxygen atoms in total. The Kier molecular flexibility index (Phi) is 1.50. The van der Waals surface area contributed by atoms with E-state index in [1.54, 1.807) is 6.20 Å². The molecule has 3 heteroatoms. The summed E-state index contributed by atoms with van der Waals surface area (Å²) in [6, 6.07) is 4.05. The number of benzene rings is 1. The molecule has 1 aromatic heterocycles. The summed E-state index contributed by atoms with van der Waals surface area (Å²) >= 11 is 0. The maximum absolute atomic E-state index is 5.24. The van der Waals surface area contributed by atoms with Crippen molar-refractivity contribution < 1.29 is 4.42 Å². The summed E-state index contributed by atoms with van der Waals surface area (Å²) in [5.41, 5.74) is 4.14. The van der Waals surface area contributed by atoms with Gasteiger partial charge in [0.15, 0.2) is 12.0 Å². The topological polar surface area (TPSA) is 38.4 Å². The van der Waals surface area contributed by atoms with Crippen LogP contribution in [-0.2, 0) is 6.42 Å². The van der Waals surface area contributed by atoms with Crippen molar-refractivity contribution in [2.45, 2.75) is 6.42 Å². The molecule has 0 fully saturated rings. The molecular formula is C11H8N2O. The molecule has 0 atom stereocenters. The first-order valence-electron chi connectivity index (χ1n) is 4.48. The molecule has 1 aromatic carbocycles. The minimum Gasteiger partial charge on any atom is -0.443 e. The van der Waals surface area contributed by atoms with Crippen molar-refractivity contribution in [1.82, 2.24) is 4.98 Å². The van der Waals surface area contributed by atoms with Crippen LogP contribution in [0.25, 0.3) is 17.2 Å². The van der Waals surface area contributed by atoms with Gasteiger partial charge >= 0.3 is 0 Å². The molecule has 2 aromatic rings. The van der Waals surface area contributed by atoms with Crippen LogP contribution in [0.4, 0.5) is 0 Å². The number of aromatic nitrogens is 1. The van der Waals surface area contributed by atoms with E-state index in [1.165, 1.54) is 12.0 Å². The average Bonchev–Trinajstić information content (AvgIpc) is 2.51. The van der Waals surface area contributed by atoms with Gasteiger partial charge in [-0.25, -0.2) is 4.98 Å². The number of nitrogens with zero attached hydrogens (tertiary/aromatic N) is 2. The number of fused-ring (bicyclic) bond motifs is 2. The second-order valence-corrected chi connectivity index (χ2v) is 3.22. The molecule has 0 bridgehead atoms. The standard InChI is InChI=1S/C11H8N2O/c1-3-12-4-2-9-6-11-10(5-8(1)9)13-7-14-11/h2-7H,1H2. The van der Waals surface area contributed by atoms with Crippen LogP contribution in [0, 0.1) is 0 Å². The van der Waals surface area contributed by atoms with Crippen LogP contribution in [0.3, 0.4) is 0 Å². The van der Waals surface area contributed by atoms with Gasteiger partial charge in [-0.3, -0.25) is 4.99 Å². The predicted octanol–water partition coefficient (Wildman–Crippen LogP) is 2.43. The molecule has 68 valence electrons. The van der Waals surface area contributed by atoms with E-state index < -0.39 is 0 Å². The minimum atomic E-state index is 0.829. The van der Waals surface area contributed by atoms with Gasteiger partial charge in [0.1, 0.15) is 5.52 Å². The fourth-order valence-electron chi connectivity index (χ4n) is 1.63. The molecule has 1 aliphatic heterocycles. The number of aliphatic imine (C=N–C) groups is 1. The molecule has 0 aliphatic carbocycles. The van der Waals surface area contributed by atoms with Crippen LogP contribution in [0.15, 0.2) is 34.1 Å². The summed E-state index contributed by atoms with van der Waals surface area (Å²) in [6.45, 7) is 0. The second kappa shape index (κ2) is 2.80. The van der Waals surface area contributed by atoms with Crippen molar-refractivity contribution in [3.05, 3.63) is 35.9 Å². The third kappa shape index (κ3) is 1.06. The lowest BCUT2D eigenvalue weighted by atomic mass is 10.0. The highest BCUT2D eigenvalue weighted by Crippen LogP contribution is 2.21. The molecule has 0 N–H and O–H groups in total. The molecule has 0 unspecified atom stereocenters. The fourth-order valence-corrected chi connectivity index (χ4v) is 1.63. The lowest BCUT2D eigenvalue weighted by Gasteiger charge is -2.00. The summed E-state index contributed by atoms with van der Waals surface area (Å²) in [5, 5.41) is 0. The highest BCUT2D eigenvalue weighted by atomic mass is 16.3. The van der Waals surface area contributed by atoms with Gasteiger partial charge in [-0.1, -0.05) is 0 Å². The zero-order chi connectivity index (χ0) is 9.38. The van der Waals surface area contributed by atoms with E-state index in [2.05, 4.69) is 16.0 Å². The van der Waals surface area contributed by atoms with Crippen LogP contribution >= 0.6 is 0 Å². The largest absolute Gasteiger partial charge is 0.443 e. The Hall–Kier alpha value is -1.90. The third-order valence-electron chi connectivity index (χ3n) is 2.35. The number of hydrogen-bond donors (Lipinski definition) is 0. The Morgan fingerprint density at radius 3 is 3.29 bits per heavy atom. The van der Waals surface area contributed by atoms with E-state index in [4.69, 9.17) is 4.42 Å². The highest BCUT2D eigenvalue weighted by Gasteiger charge is 2.06. The van der Waals surface area contributed by atoms with Crippen LogP contribution in [0.5, 0.6) is 0 Å². The lowest BCUT2D eigenvalue weighted by Crippen LogP contribution is -1.88. The first kappa shape index (κ1) is 7.50. The molecule has 14 heavy (non-hydrogen) atoms. The first-order valence-corrected chi connectivity index (χ1v) is 4.48. The third-order valence-corrected chi connectivity index (χ3v) is 2.35. The van der Waals surface area contributed by atoms with E-state index in [-0.39, 0.29) is 0 Å². The molecule has 0 radical (unpaired) electrons. The summed E-state index contributed by atoms with van der Waals surface area (Å²) in [5.74, 6) is 0. The van der Waals surface area contributed by atoms with Gasteiger partial charge in [-0.05, 0) is 29.3 Å². The smallest absolute Gasteiger partial charge is 0.181 e. The molecule has 3 rings (SSSR count). The van der Waals surface area contributed by atoms with Crippen molar-refractivity contribution in [2.75, 3.05) is 0 Å². The zero-order valence-corrected chi connectivity index (χ0v) is 7.47. The first-order chi connectivity index (χ1) is 6.93. The van der Waals surface area contributed by atoms with Gasteiger partial charge < -0.3 is 4.42 Å². The fraction of sp³-hybridized carbons (Fsp3) is 0.0909. The predicted molar refractivity (Wildman–Crippen MR) is 55.2 cm³/mol. The van der Waals surface area contributed by atoms with Crippen LogP contribution < -0.4 is 0 Å². The number of hydrogen-bond acceptors (Lipinski definition) is 3. The van der Waals surface area contributed by atoms with Crippen LogP contribution in [0.2, 0.25) is 0 Å². The minimum absolute atomic E-state index is 0.829. The normalized spacial score (nSPS) is 14.3. The SMILES string of the molecule is C1=Cc2cc3ocnc3cc2CC=N1. The van der Waals surface area contributed by atoms with Crippen LogP contribution in [-0.4, -0.2) is 11.2 Å². The summed E-state index contributed by atoms with van der Waals surface area (Å²) < 4.78 is 5.24. The van der Waals surface area contributed by atoms with Crippen LogP contribution in [0.1, 0.15) is 11.1 Å². The zero-order valence-electron chi connectivity index (χ0n) is 7.47. The molecule has 2 heterocycles. The maximum atomic E-state index is 5.24. The average molecular weight is 184 g/mol. The van der Waals surface area contributed by atoms with Crippen molar-refractivity contribution >= 4 is 23.4 Å². The molecule has 0 saturated heterocycles. The van der Waals surface area contributed by atoms with Gasteiger partial charge in [-0.2, -0.15) is 0 Å². The quantitative estimate of drug-likeness (QED) is 0.630. The van der Waals surface area contributed by atoms with Crippen molar-refractivity contribution in [3.63, 3.8) is 0 Å². The molecule has 1 aliphatic rings. The van der Waals surface area contributed by atoms with E-state index in [0.29, 0.717) is 0 Å². The molecule has 0 spiro atoms. The summed E-state index contributed by atoms with van der Waals surface area (Å²) in [4.78, 5) is 8.23. The Balaban J connectivity index is 2.31. The monoisotopic (exact) mass is 184 g/mol. The lowest BCUT2D eigenvalue weighted by molar-refractivity contribution is 0.602. The molecule has 0 saturated carbocycles. The Labute approximate surface area is 80.8 Å². The van der Waals surface area contributed by atoms with Crippen molar-refractivity contribution in [1.29, 1.82) is 0 Å². The van der Waals surface area contributed by atoms with E-state index in [0.717, 1.165) is 23.1 Å². The van der Waals surface area contributed by atoms with E-state index in [9.17, 15) is 0 Å². The van der Waals surface area contributed by atoms with Crippen molar-refractivity contribution in [2.24, 2.45) is 4.99 Å². The van der Waals surface area contributed by atoms with Gasteiger partial charge in [0.05, 0.1) is 0 Å². The Morgan fingerprint density at radius 2 is 2.29 bits per heavy atom. The number of oxazole rings is 1. The number of rotatable bonds is 0. The van der Waals surface area contributed by atoms with Gasteiger partial charge in [0.2, 0.25) is 0 Å².